The lowest BCUT2D eigenvalue weighted by molar-refractivity contribution is -0.132. The Balaban J connectivity index is 2.66. The molecule has 0 saturated heterocycles. The van der Waals surface area contributed by atoms with Crippen molar-refractivity contribution in [1.29, 1.82) is 0 Å². The van der Waals surface area contributed by atoms with Crippen molar-refractivity contribution < 1.29 is 23.4 Å². The van der Waals surface area contributed by atoms with Gasteiger partial charge in [-0.15, -0.1) is 0 Å². The maximum absolute atomic E-state index is 12.5. The number of carbonyl (C=O) groups is 1. The maximum Gasteiger partial charge on any atom is 0.332 e. The average Bonchev–Trinajstić information content (AvgIpc) is 2.59. The Hall–Kier alpha value is -1.90. The second-order valence-electron chi connectivity index (χ2n) is 7.67. The first-order valence-corrected chi connectivity index (χ1v) is 11.3. The van der Waals surface area contributed by atoms with E-state index in [0.29, 0.717) is 26.7 Å². The standard InChI is InChI=1S/C21H23Cl2NO5S/c1-21(2,3)24-30(28,29)17-6-4-13(5-7-17)19(18(8-9-25)20(26)27)14-10-15(22)12-16(23)11-14/h4-7,10-12,24-25H,8-9H2,1-3H3,(H,26,27)/b19-18-. The largest absolute Gasteiger partial charge is 0.478 e. The third-order valence-electron chi connectivity index (χ3n) is 3.97. The molecule has 0 atom stereocenters. The molecule has 0 fully saturated rings. The van der Waals surface area contributed by atoms with E-state index in [1.807, 2.05) is 0 Å². The van der Waals surface area contributed by atoms with Gasteiger partial charge in [-0.2, -0.15) is 0 Å². The molecule has 0 aromatic heterocycles. The average molecular weight is 472 g/mol. The fraction of sp³-hybridized carbons (Fsp3) is 0.286. The topological polar surface area (TPSA) is 104 Å². The van der Waals surface area contributed by atoms with Gasteiger partial charge in [0.15, 0.2) is 0 Å². The van der Waals surface area contributed by atoms with Gasteiger partial charge >= 0.3 is 5.97 Å². The number of aliphatic hydroxyl groups is 1. The first-order valence-electron chi connectivity index (χ1n) is 9.02. The summed E-state index contributed by atoms with van der Waals surface area (Å²) in [6.45, 7) is 4.82. The van der Waals surface area contributed by atoms with Gasteiger partial charge in [-0.3, -0.25) is 0 Å². The van der Waals surface area contributed by atoms with Crippen LogP contribution in [0.5, 0.6) is 0 Å². The number of sulfonamides is 1. The Kier molecular flexibility index (Phi) is 7.71. The smallest absolute Gasteiger partial charge is 0.332 e. The molecule has 30 heavy (non-hydrogen) atoms. The van der Waals surface area contributed by atoms with Crippen molar-refractivity contribution >= 4 is 44.8 Å². The molecule has 0 saturated carbocycles. The lowest BCUT2D eigenvalue weighted by Gasteiger charge is -2.20. The van der Waals surface area contributed by atoms with E-state index in [9.17, 15) is 23.4 Å². The molecular weight excluding hydrogens is 449 g/mol. The highest BCUT2D eigenvalue weighted by Gasteiger charge is 2.23. The molecule has 9 heteroatoms. The van der Waals surface area contributed by atoms with Crippen LogP contribution in [-0.2, 0) is 14.8 Å². The Morgan fingerprint density at radius 2 is 1.53 bits per heavy atom. The van der Waals surface area contributed by atoms with Crippen LogP contribution in [-0.4, -0.2) is 36.7 Å². The van der Waals surface area contributed by atoms with E-state index in [1.54, 1.807) is 32.9 Å². The molecule has 0 aliphatic carbocycles. The summed E-state index contributed by atoms with van der Waals surface area (Å²) < 4.78 is 27.7. The fourth-order valence-electron chi connectivity index (χ4n) is 2.93. The maximum atomic E-state index is 12.5. The number of carboxylic acids is 1. The molecule has 6 nitrogen and oxygen atoms in total. The highest BCUT2D eigenvalue weighted by atomic mass is 35.5. The van der Waals surface area contributed by atoms with Crippen LogP contribution in [0.1, 0.15) is 38.3 Å². The normalized spacial score (nSPS) is 13.1. The van der Waals surface area contributed by atoms with Crippen molar-refractivity contribution in [1.82, 2.24) is 4.72 Å². The Labute approximate surface area is 186 Å². The number of aliphatic hydroxyl groups excluding tert-OH is 1. The van der Waals surface area contributed by atoms with E-state index < -0.39 is 21.5 Å². The van der Waals surface area contributed by atoms with Crippen LogP contribution < -0.4 is 4.72 Å². The second kappa shape index (κ2) is 9.49. The van der Waals surface area contributed by atoms with Crippen LogP contribution in [0, 0.1) is 0 Å². The lowest BCUT2D eigenvalue weighted by Crippen LogP contribution is -2.40. The minimum absolute atomic E-state index is 0.0424. The van der Waals surface area contributed by atoms with E-state index in [2.05, 4.69) is 4.72 Å². The van der Waals surface area contributed by atoms with E-state index in [-0.39, 0.29) is 23.5 Å². The van der Waals surface area contributed by atoms with Gasteiger partial charge in [0.2, 0.25) is 10.0 Å². The van der Waals surface area contributed by atoms with E-state index in [4.69, 9.17) is 23.2 Å². The molecule has 0 bridgehead atoms. The highest BCUT2D eigenvalue weighted by molar-refractivity contribution is 7.89. The Morgan fingerprint density at radius 3 is 1.97 bits per heavy atom. The molecule has 3 N–H and O–H groups in total. The van der Waals surface area contributed by atoms with Crippen LogP contribution in [0.4, 0.5) is 0 Å². The predicted octanol–water partition coefficient (Wildman–Crippen LogP) is 4.34. The van der Waals surface area contributed by atoms with Crippen molar-refractivity contribution in [2.75, 3.05) is 6.61 Å². The van der Waals surface area contributed by atoms with Gasteiger partial charge in [0.25, 0.3) is 0 Å². The summed E-state index contributed by atoms with van der Waals surface area (Å²) in [5.41, 5.74) is 0.501. The molecule has 2 rings (SSSR count). The summed E-state index contributed by atoms with van der Waals surface area (Å²) in [4.78, 5) is 11.9. The minimum Gasteiger partial charge on any atom is -0.478 e. The monoisotopic (exact) mass is 471 g/mol. The molecule has 0 unspecified atom stereocenters. The molecule has 2 aromatic rings. The van der Waals surface area contributed by atoms with Gasteiger partial charge in [-0.1, -0.05) is 35.3 Å². The van der Waals surface area contributed by atoms with E-state index >= 15 is 0 Å². The number of benzene rings is 2. The number of halogens is 2. The van der Waals surface area contributed by atoms with Crippen LogP contribution in [0.3, 0.4) is 0 Å². The fourth-order valence-corrected chi connectivity index (χ4v) is 4.87. The van der Waals surface area contributed by atoms with Crippen molar-refractivity contribution in [2.45, 2.75) is 37.6 Å². The van der Waals surface area contributed by atoms with Crippen molar-refractivity contribution in [3.8, 4) is 0 Å². The summed E-state index contributed by atoms with van der Waals surface area (Å²) in [6.07, 6.45) is -0.111. The quantitative estimate of drug-likeness (QED) is 0.521. The summed E-state index contributed by atoms with van der Waals surface area (Å²) in [5.74, 6) is -1.21. The zero-order valence-electron chi connectivity index (χ0n) is 16.7. The van der Waals surface area contributed by atoms with E-state index in [1.165, 1.54) is 30.3 Å². The number of carboxylic acid groups (broad SMARTS) is 1. The first-order chi connectivity index (χ1) is 13.8. The van der Waals surface area contributed by atoms with Gasteiger partial charge in [0.1, 0.15) is 0 Å². The van der Waals surface area contributed by atoms with Crippen LogP contribution in [0.2, 0.25) is 10.0 Å². The summed E-state index contributed by atoms with van der Waals surface area (Å²) in [7, 11) is -3.75. The van der Waals surface area contributed by atoms with Crippen molar-refractivity contribution in [3.05, 3.63) is 69.2 Å². The predicted molar refractivity (Wildman–Crippen MR) is 118 cm³/mol. The zero-order valence-corrected chi connectivity index (χ0v) is 19.1. The molecule has 0 heterocycles. The van der Waals surface area contributed by atoms with Crippen LogP contribution in [0.15, 0.2) is 52.9 Å². The van der Waals surface area contributed by atoms with Gasteiger partial charge < -0.3 is 10.2 Å². The highest BCUT2D eigenvalue weighted by Crippen LogP contribution is 2.33. The van der Waals surface area contributed by atoms with E-state index in [0.717, 1.165) is 0 Å². The number of rotatable bonds is 7. The first kappa shape index (κ1) is 24.4. The summed E-state index contributed by atoms with van der Waals surface area (Å²) >= 11 is 12.2. The minimum atomic E-state index is -3.75. The number of nitrogens with one attached hydrogen (secondary N) is 1. The Morgan fingerprint density at radius 1 is 1.00 bits per heavy atom. The zero-order chi connectivity index (χ0) is 22.7. The molecule has 0 amide bonds. The molecule has 162 valence electrons. The van der Waals surface area contributed by atoms with Crippen LogP contribution in [0.25, 0.3) is 5.57 Å². The Bertz CT molecular complexity index is 1050. The third-order valence-corrected chi connectivity index (χ3v) is 6.18. The number of aliphatic carboxylic acids is 1. The number of hydrogen-bond donors (Lipinski definition) is 3. The van der Waals surface area contributed by atoms with Crippen molar-refractivity contribution in [2.24, 2.45) is 0 Å². The molecule has 2 aromatic carbocycles. The van der Waals surface area contributed by atoms with Gasteiger partial charge in [-0.05, 0) is 67.8 Å². The van der Waals surface area contributed by atoms with Crippen molar-refractivity contribution in [3.63, 3.8) is 0 Å². The molecule has 0 aliphatic heterocycles. The second-order valence-corrected chi connectivity index (χ2v) is 10.2. The SMILES string of the molecule is CC(C)(C)NS(=O)(=O)c1ccc(/C(=C(\CCO)C(=O)O)c2cc(Cl)cc(Cl)c2)cc1. The summed E-state index contributed by atoms with van der Waals surface area (Å²) in [5, 5.41) is 19.7. The molecule has 0 radical (unpaired) electrons. The van der Waals surface area contributed by atoms with Gasteiger partial charge in [-0.25, -0.2) is 17.9 Å². The lowest BCUT2D eigenvalue weighted by atomic mass is 9.91. The van der Waals surface area contributed by atoms with Gasteiger partial charge in [0, 0.05) is 34.2 Å². The molecular formula is C21H23Cl2NO5S. The molecule has 0 spiro atoms. The summed E-state index contributed by atoms with van der Waals surface area (Å²) in [6, 6.07) is 10.5. The number of hydrogen-bond acceptors (Lipinski definition) is 4. The molecule has 0 aliphatic rings. The van der Waals surface area contributed by atoms with Crippen LogP contribution >= 0.6 is 23.2 Å². The third kappa shape index (κ3) is 6.30. The van der Waals surface area contributed by atoms with Gasteiger partial charge in [0.05, 0.1) is 4.90 Å².